The van der Waals surface area contributed by atoms with Crippen LogP contribution in [0.15, 0.2) is 24.3 Å². The molecular formula is C17H25FN2O3S. The van der Waals surface area contributed by atoms with Gasteiger partial charge in [-0.2, -0.15) is 0 Å². The normalized spacial score (nSPS) is 20.0. The van der Waals surface area contributed by atoms with Crippen molar-refractivity contribution in [3.63, 3.8) is 0 Å². The van der Waals surface area contributed by atoms with E-state index in [-0.39, 0.29) is 30.2 Å². The van der Waals surface area contributed by atoms with E-state index in [2.05, 4.69) is 4.72 Å². The van der Waals surface area contributed by atoms with E-state index >= 15 is 0 Å². The van der Waals surface area contributed by atoms with E-state index in [9.17, 15) is 17.6 Å². The van der Waals surface area contributed by atoms with Crippen molar-refractivity contribution in [3.8, 4) is 0 Å². The number of amides is 1. The van der Waals surface area contributed by atoms with Crippen molar-refractivity contribution >= 4 is 15.9 Å². The molecule has 0 aromatic heterocycles. The average Bonchev–Trinajstić information content (AvgIpc) is 2.53. The third kappa shape index (κ3) is 5.56. The Bertz CT molecular complexity index is 661. The Kier molecular flexibility index (Phi) is 6.34. The Morgan fingerprint density at radius 2 is 2.00 bits per heavy atom. The van der Waals surface area contributed by atoms with Gasteiger partial charge in [0.2, 0.25) is 15.9 Å². The SMILES string of the molecule is CC(CC(=O)N1CCCCC1CNS(C)(=O)=O)c1ccc(F)cc1. The van der Waals surface area contributed by atoms with Gasteiger partial charge in [0.1, 0.15) is 5.82 Å². The third-order valence-corrected chi connectivity index (χ3v) is 5.14. The van der Waals surface area contributed by atoms with Gasteiger partial charge in [0.05, 0.1) is 6.26 Å². The van der Waals surface area contributed by atoms with E-state index in [0.29, 0.717) is 13.0 Å². The van der Waals surface area contributed by atoms with Crippen molar-refractivity contribution in [2.75, 3.05) is 19.3 Å². The fourth-order valence-corrected chi connectivity index (χ4v) is 3.57. The summed E-state index contributed by atoms with van der Waals surface area (Å²) in [6.45, 7) is 2.86. The molecule has 134 valence electrons. The minimum atomic E-state index is -3.27. The smallest absolute Gasteiger partial charge is 0.223 e. The van der Waals surface area contributed by atoms with Crippen LogP contribution in [-0.4, -0.2) is 44.6 Å². The first kappa shape index (κ1) is 18.9. The lowest BCUT2D eigenvalue weighted by atomic mass is 9.95. The number of rotatable bonds is 6. The van der Waals surface area contributed by atoms with Crippen molar-refractivity contribution in [1.29, 1.82) is 0 Å². The van der Waals surface area contributed by atoms with Crippen LogP contribution in [0.1, 0.15) is 44.1 Å². The van der Waals surface area contributed by atoms with Gasteiger partial charge in [-0.05, 0) is 42.9 Å². The molecule has 2 atom stereocenters. The zero-order valence-electron chi connectivity index (χ0n) is 14.2. The molecule has 24 heavy (non-hydrogen) atoms. The highest BCUT2D eigenvalue weighted by atomic mass is 32.2. The molecule has 1 amide bonds. The fourth-order valence-electron chi connectivity index (χ4n) is 3.08. The molecule has 0 radical (unpaired) electrons. The molecule has 1 aliphatic heterocycles. The zero-order valence-corrected chi connectivity index (χ0v) is 15.0. The Morgan fingerprint density at radius 1 is 1.33 bits per heavy atom. The number of halogens is 1. The number of hydrogen-bond acceptors (Lipinski definition) is 3. The van der Waals surface area contributed by atoms with Crippen LogP contribution in [0.25, 0.3) is 0 Å². The van der Waals surface area contributed by atoms with Gasteiger partial charge in [0, 0.05) is 25.6 Å². The van der Waals surface area contributed by atoms with Crippen LogP contribution in [0, 0.1) is 5.82 Å². The number of nitrogens with zero attached hydrogens (tertiary/aromatic N) is 1. The van der Waals surface area contributed by atoms with Crippen LogP contribution in [0.5, 0.6) is 0 Å². The standard InChI is InChI=1S/C17H25FN2O3S/c1-13(14-6-8-15(18)9-7-14)11-17(21)20-10-4-3-5-16(20)12-19-24(2,22)23/h6-9,13,16,19H,3-5,10-12H2,1-2H3. The average molecular weight is 356 g/mol. The predicted molar refractivity (Wildman–Crippen MR) is 91.6 cm³/mol. The topological polar surface area (TPSA) is 66.5 Å². The predicted octanol–water partition coefficient (Wildman–Crippen LogP) is 2.25. The number of hydrogen-bond donors (Lipinski definition) is 1. The summed E-state index contributed by atoms with van der Waals surface area (Å²) in [4.78, 5) is 14.5. The second-order valence-electron chi connectivity index (χ2n) is 6.51. The fraction of sp³-hybridized carbons (Fsp3) is 0.588. The molecule has 1 heterocycles. The molecule has 0 spiro atoms. The Labute approximate surface area is 143 Å². The first-order valence-electron chi connectivity index (χ1n) is 8.26. The summed E-state index contributed by atoms with van der Waals surface area (Å²) in [5.74, 6) is -0.282. The van der Waals surface area contributed by atoms with Crippen LogP contribution in [-0.2, 0) is 14.8 Å². The molecule has 0 aliphatic carbocycles. The summed E-state index contributed by atoms with van der Waals surface area (Å²) in [5.41, 5.74) is 0.924. The lowest BCUT2D eigenvalue weighted by molar-refractivity contribution is -0.135. The van der Waals surface area contributed by atoms with Crippen molar-refractivity contribution in [1.82, 2.24) is 9.62 Å². The van der Waals surface area contributed by atoms with E-state index in [1.807, 2.05) is 6.92 Å². The molecule has 1 fully saturated rings. The van der Waals surface area contributed by atoms with Crippen molar-refractivity contribution < 1.29 is 17.6 Å². The van der Waals surface area contributed by atoms with Gasteiger partial charge in [0.15, 0.2) is 0 Å². The van der Waals surface area contributed by atoms with E-state index in [4.69, 9.17) is 0 Å². The minimum absolute atomic E-state index is 0.0106. The van der Waals surface area contributed by atoms with E-state index in [1.165, 1.54) is 12.1 Å². The molecule has 0 saturated carbocycles. The van der Waals surface area contributed by atoms with Gasteiger partial charge >= 0.3 is 0 Å². The molecule has 2 unspecified atom stereocenters. The quantitative estimate of drug-likeness (QED) is 0.850. The van der Waals surface area contributed by atoms with Gasteiger partial charge in [-0.3, -0.25) is 4.79 Å². The van der Waals surface area contributed by atoms with Crippen LogP contribution in [0.2, 0.25) is 0 Å². The largest absolute Gasteiger partial charge is 0.338 e. The molecule has 0 bridgehead atoms. The molecule has 2 rings (SSSR count). The van der Waals surface area contributed by atoms with Crippen LogP contribution >= 0.6 is 0 Å². The molecule has 1 aromatic rings. The second kappa shape index (κ2) is 8.07. The Hall–Kier alpha value is -1.47. The number of likely N-dealkylation sites (tertiary alicyclic amines) is 1. The van der Waals surface area contributed by atoms with Crippen molar-refractivity contribution in [3.05, 3.63) is 35.6 Å². The molecule has 1 aromatic carbocycles. The molecular weight excluding hydrogens is 331 g/mol. The number of carbonyl (C=O) groups is 1. The monoisotopic (exact) mass is 356 g/mol. The summed E-state index contributed by atoms with van der Waals surface area (Å²) in [5, 5.41) is 0. The molecule has 1 aliphatic rings. The van der Waals surface area contributed by atoms with E-state index < -0.39 is 10.0 Å². The highest BCUT2D eigenvalue weighted by Crippen LogP contribution is 2.24. The number of sulfonamides is 1. The Morgan fingerprint density at radius 3 is 2.62 bits per heavy atom. The van der Waals surface area contributed by atoms with Gasteiger partial charge in [-0.1, -0.05) is 19.1 Å². The Balaban J connectivity index is 1.98. The van der Waals surface area contributed by atoms with Crippen LogP contribution in [0.4, 0.5) is 4.39 Å². The van der Waals surface area contributed by atoms with Gasteiger partial charge in [0.25, 0.3) is 0 Å². The summed E-state index contributed by atoms with van der Waals surface area (Å²) < 4.78 is 38.1. The number of carbonyl (C=O) groups excluding carboxylic acids is 1. The highest BCUT2D eigenvalue weighted by molar-refractivity contribution is 7.88. The van der Waals surface area contributed by atoms with Crippen LogP contribution in [0.3, 0.4) is 0 Å². The summed E-state index contributed by atoms with van der Waals surface area (Å²) >= 11 is 0. The summed E-state index contributed by atoms with van der Waals surface area (Å²) in [7, 11) is -3.27. The lowest BCUT2D eigenvalue weighted by Crippen LogP contribution is -2.49. The van der Waals surface area contributed by atoms with Gasteiger partial charge in [-0.15, -0.1) is 0 Å². The maximum absolute atomic E-state index is 13.0. The third-order valence-electron chi connectivity index (χ3n) is 4.45. The molecule has 1 saturated heterocycles. The highest BCUT2D eigenvalue weighted by Gasteiger charge is 2.28. The molecule has 7 heteroatoms. The van der Waals surface area contributed by atoms with E-state index in [1.54, 1.807) is 17.0 Å². The number of piperidine rings is 1. The molecule has 1 N–H and O–H groups in total. The lowest BCUT2D eigenvalue weighted by Gasteiger charge is -2.36. The summed E-state index contributed by atoms with van der Waals surface area (Å²) in [6, 6.07) is 6.10. The van der Waals surface area contributed by atoms with Gasteiger partial charge < -0.3 is 4.90 Å². The van der Waals surface area contributed by atoms with Crippen molar-refractivity contribution in [2.45, 2.75) is 44.6 Å². The zero-order chi connectivity index (χ0) is 17.7. The minimum Gasteiger partial charge on any atom is -0.338 e. The number of nitrogens with one attached hydrogen (secondary N) is 1. The number of benzene rings is 1. The van der Waals surface area contributed by atoms with Crippen molar-refractivity contribution in [2.24, 2.45) is 0 Å². The van der Waals surface area contributed by atoms with Crippen LogP contribution < -0.4 is 4.72 Å². The first-order chi connectivity index (χ1) is 11.3. The summed E-state index contributed by atoms with van der Waals surface area (Å²) in [6.07, 6.45) is 4.19. The van der Waals surface area contributed by atoms with E-state index in [0.717, 1.165) is 31.1 Å². The first-order valence-corrected chi connectivity index (χ1v) is 10.1. The van der Waals surface area contributed by atoms with Gasteiger partial charge in [-0.25, -0.2) is 17.5 Å². The maximum Gasteiger partial charge on any atom is 0.223 e. The molecule has 5 nitrogen and oxygen atoms in total. The second-order valence-corrected chi connectivity index (χ2v) is 8.35. The maximum atomic E-state index is 13.0.